The van der Waals surface area contributed by atoms with Gasteiger partial charge in [-0.05, 0) is 94.5 Å². The minimum atomic E-state index is -1.10. The lowest BCUT2D eigenvalue weighted by Gasteiger charge is -2.59. The van der Waals surface area contributed by atoms with Crippen LogP contribution in [-0.2, 0) is 4.79 Å². The third kappa shape index (κ3) is 6.01. The van der Waals surface area contributed by atoms with Gasteiger partial charge in [0.25, 0.3) is 5.91 Å². The number of hydrogen-bond donors (Lipinski definition) is 1. The van der Waals surface area contributed by atoms with Gasteiger partial charge in [-0.25, -0.2) is 14.4 Å². The fourth-order valence-corrected chi connectivity index (χ4v) is 7.98. The largest absolute Gasteiger partial charge is 0.488 e. The van der Waals surface area contributed by atoms with Gasteiger partial charge in [0.1, 0.15) is 12.3 Å². The quantitative estimate of drug-likeness (QED) is 0.401. The molecule has 1 N–H and O–H groups in total. The fraction of sp³-hybridized carbons (Fsp3) is 0.543. The van der Waals surface area contributed by atoms with Crippen molar-refractivity contribution in [2.75, 3.05) is 39.8 Å². The van der Waals surface area contributed by atoms with E-state index in [1.807, 2.05) is 43.1 Å². The topological polar surface area (TPSA) is 96.9 Å². The van der Waals surface area contributed by atoms with E-state index in [0.29, 0.717) is 47.6 Å². The second-order valence-electron chi connectivity index (χ2n) is 13.6. The average Bonchev–Trinajstić information content (AvgIpc) is 3.39. The number of carbonyl (C=O) groups is 2. The molecular formula is C35H41ClFN5O4. The maximum Gasteiger partial charge on any atom is 0.274 e. The highest BCUT2D eigenvalue weighted by Gasteiger charge is 2.56. The second-order valence-corrected chi connectivity index (χ2v) is 14.1. The molecule has 4 unspecified atom stereocenters. The van der Waals surface area contributed by atoms with Crippen LogP contribution < -0.4 is 14.8 Å². The van der Waals surface area contributed by atoms with Crippen molar-refractivity contribution in [3.05, 3.63) is 58.9 Å². The predicted molar refractivity (Wildman–Crippen MR) is 172 cm³/mol. The predicted octanol–water partition coefficient (Wildman–Crippen LogP) is 5.16. The first kappa shape index (κ1) is 31.1. The SMILES string of the molecule is CCOc1ncccc1-c1ccc(OC2CC3(C2)CN(C(=O)C2CCC2C2=CC=C(Cl)CC2F)C3)c(C(=O)NC2CCN(C)C2)n1. The van der Waals surface area contributed by atoms with Crippen molar-refractivity contribution in [3.63, 3.8) is 0 Å². The number of hydrogen-bond acceptors (Lipinski definition) is 7. The molecule has 244 valence electrons. The summed E-state index contributed by atoms with van der Waals surface area (Å²) in [5.74, 6) is 0.623. The Bertz CT molecular complexity index is 1570. The van der Waals surface area contributed by atoms with Crippen LogP contribution in [0.3, 0.4) is 0 Å². The molecule has 46 heavy (non-hydrogen) atoms. The minimum Gasteiger partial charge on any atom is -0.488 e. The molecule has 11 heteroatoms. The Morgan fingerprint density at radius 3 is 2.67 bits per heavy atom. The van der Waals surface area contributed by atoms with Crippen molar-refractivity contribution < 1.29 is 23.5 Å². The molecule has 4 heterocycles. The number of allylic oxidation sites excluding steroid dienone is 4. The van der Waals surface area contributed by atoms with Crippen molar-refractivity contribution in [2.45, 2.75) is 63.8 Å². The number of nitrogens with zero attached hydrogens (tertiary/aromatic N) is 4. The summed E-state index contributed by atoms with van der Waals surface area (Å²) in [6.07, 6.45) is 8.39. The number of ether oxygens (including phenoxy) is 2. The lowest BCUT2D eigenvalue weighted by atomic mass is 9.60. The number of carbonyl (C=O) groups excluding carboxylic acids is 2. The summed E-state index contributed by atoms with van der Waals surface area (Å²) in [5, 5.41) is 3.68. The van der Waals surface area contributed by atoms with Gasteiger partial charge in [0, 0.05) is 54.7 Å². The number of likely N-dealkylation sites (tertiary alicyclic amines) is 2. The highest BCUT2D eigenvalue weighted by atomic mass is 35.5. The van der Waals surface area contributed by atoms with Crippen molar-refractivity contribution in [1.29, 1.82) is 0 Å². The zero-order valence-corrected chi connectivity index (χ0v) is 27.1. The average molecular weight is 650 g/mol. The van der Waals surface area contributed by atoms with E-state index in [2.05, 4.69) is 15.2 Å². The highest BCUT2D eigenvalue weighted by molar-refractivity contribution is 6.29. The van der Waals surface area contributed by atoms with Gasteiger partial charge in [0.15, 0.2) is 11.4 Å². The van der Waals surface area contributed by atoms with Gasteiger partial charge in [-0.2, -0.15) is 0 Å². The molecule has 3 aliphatic carbocycles. The molecule has 2 aromatic rings. The number of rotatable bonds is 9. The van der Waals surface area contributed by atoms with Crippen LogP contribution in [0.4, 0.5) is 4.39 Å². The molecule has 9 nitrogen and oxygen atoms in total. The summed E-state index contributed by atoms with van der Waals surface area (Å²) >= 11 is 6.01. The molecule has 0 aromatic carbocycles. The number of halogens is 2. The molecule has 2 aromatic heterocycles. The van der Waals surface area contributed by atoms with Gasteiger partial charge in [0.05, 0.1) is 17.9 Å². The van der Waals surface area contributed by atoms with Gasteiger partial charge >= 0.3 is 0 Å². The molecule has 1 spiro atoms. The van der Waals surface area contributed by atoms with Crippen LogP contribution in [0, 0.1) is 17.3 Å². The van der Waals surface area contributed by atoms with Crippen LogP contribution in [0.1, 0.15) is 55.9 Å². The Morgan fingerprint density at radius 2 is 1.98 bits per heavy atom. The summed E-state index contributed by atoms with van der Waals surface area (Å²) in [7, 11) is 2.05. The summed E-state index contributed by atoms with van der Waals surface area (Å²) in [6, 6.07) is 7.42. The van der Waals surface area contributed by atoms with Crippen LogP contribution in [0.2, 0.25) is 0 Å². The zero-order valence-electron chi connectivity index (χ0n) is 26.4. The molecule has 7 rings (SSSR count). The molecular weight excluding hydrogens is 609 g/mol. The normalized spacial score (nSPS) is 27.2. The van der Waals surface area contributed by atoms with Crippen molar-refractivity contribution in [3.8, 4) is 22.9 Å². The molecule has 0 bridgehead atoms. The van der Waals surface area contributed by atoms with E-state index < -0.39 is 6.17 Å². The van der Waals surface area contributed by atoms with E-state index in [4.69, 9.17) is 26.1 Å². The maximum absolute atomic E-state index is 14.7. The number of alkyl halides is 1. The zero-order chi connectivity index (χ0) is 32.0. The Balaban J connectivity index is 1.00. The van der Waals surface area contributed by atoms with Crippen LogP contribution >= 0.6 is 11.6 Å². The van der Waals surface area contributed by atoms with Crippen molar-refractivity contribution in [2.24, 2.45) is 17.3 Å². The summed E-state index contributed by atoms with van der Waals surface area (Å²) in [5.41, 5.74) is 2.31. The first-order chi connectivity index (χ1) is 22.2. The van der Waals surface area contributed by atoms with Gasteiger partial charge in [-0.1, -0.05) is 17.7 Å². The third-order valence-electron chi connectivity index (χ3n) is 10.3. The van der Waals surface area contributed by atoms with E-state index in [9.17, 15) is 14.0 Å². The molecule has 2 amide bonds. The number of pyridine rings is 2. The summed E-state index contributed by atoms with van der Waals surface area (Å²) < 4.78 is 26.9. The maximum atomic E-state index is 14.7. The van der Waals surface area contributed by atoms with Gasteiger partial charge in [-0.15, -0.1) is 0 Å². The Hall–Kier alpha value is -3.50. The van der Waals surface area contributed by atoms with Gasteiger partial charge in [-0.3, -0.25) is 9.59 Å². The van der Waals surface area contributed by atoms with Crippen LogP contribution in [-0.4, -0.2) is 89.7 Å². The van der Waals surface area contributed by atoms with Crippen LogP contribution in [0.15, 0.2) is 53.2 Å². The highest BCUT2D eigenvalue weighted by Crippen LogP contribution is 2.52. The van der Waals surface area contributed by atoms with Gasteiger partial charge < -0.3 is 24.6 Å². The monoisotopic (exact) mass is 649 g/mol. The minimum absolute atomic E-state index is 0.0292. The van der Waals surface area contributed by atoms with E-state index >= 15 is 0 Å². The van der Waals surface area contributed by atoms with Crippen molar-refractivity contribution >= 4 is 23.4 Å². The number of nitrogens with one attached hydrogen (secondary N) is 1. The molecule has 0 radical (unpaired) electrons. The van der Waals surface area contributed by atoms with Gasteiger partial charge in [0.2, 0.25) is 11.8 Å². The second kappa shape index (κ2) is 12.6. The van der Waals surface area contributed by atoms with Crippen LogP contribution in [0.25, 0.3) is 11.3 Å². The van der Waals surface area contributed by atoms with E-state index in [1.165, 1.54) is 0 Å². The lowest BCUT2D eigenvalue weighted by molar-refractivity contribution is -0.168. The lowest BCUT2D eigenvalue weighted by Crippen LogP contribution is -2.67. The molecule has 4 fully saturated rings. The first-order valence-corrected chi connectivity index (χ1v) is 16.8. The van der Waals surface area contributed by atoms with Crippen molar-refractivity contribution in [1.82, 2.24) is 25.1 Å². The Morgan fingerprint density at radius 1 is 1.15 bits per heavy atom. The summed E-state index contributed by atoms with van der Waals surface area (Å²) in [4.78, 5) is 40.2. The number of likely N-dealkylation sites (N-methyl/N-ethyl adjacent to an activating group) is 1. The van der Waals surface area contributed by atoms with E-state index in [0.717, 1.165) is 50.8 Å². The fourth-order valence-electron chi connectivity index (χ4n) is 7.78. The number of amides is 2. The van der Waals surface area contributed by atoms with Crippen LogP contribution in [0.5, 0.6) is 11.6 Å². The van der Waals surface area contributed by atoms with E-state index in [-0.39, 0.29) is 53.3 Å². The first-order valence-electron chi connectivity index (χ1n) is 16.5. The Kier molecular flexibility index (Phi) is 8.52. The third-order valence-corrected chi connectivity index (χ3v) is 10.6. The Labute approximate surface area is 274 Å². The molecule has 2 aliphatic heterocycles. The number of aromatic nitrogens is 2. The standard InChI is InChI=1S/C35H41ClFN5O4/c1-3-45-33-27(5-4-13-38-33)29-10-11-30(31(40-29)32(43)39-22-12-14-41(2)18-22)46-23-16-35(17-23)19-42(20-35)34(44)26-9-8-24(26)25-7-6-21(36)15-28(25)37/h4-7,10-11,13,22-24,26,28H,3,8-9,12,14-20H2,1-2H3,(H,39,43). The molecule has 4 atom stereocenters. The molecule has 5 aliphatic rings. The van der Waals surface area contributed by atoms with E-state index in [1.54, 1.807) is 18.3 Å². The molecule has 2 saturated carbocycles. The molecule has 2 saturated heterocycles. The smallest absolute Gasteiger partial charge is 0.274 e. The summed E-state index contributed by atoms with van der Waals surface area (Å²) in [6.45, 7) is 5.47.